The molecule has 0 bridgehead atoms. The first-order valence-corrected chi connectivity index (χ1v) is 48.2. The van der Waals surface area contributed by atoms with Crippen LogP contribution in [0.3, 0.4) is 0 Å². The molecule has 0 spiro atoms. The molecule has 0 aromatic heterocycles. The van der Waals surface area contributed by atoms with Crippen molar-refractivity contribution in [2.24, 2.45) is 0 Å². The number of hydrogen-bond donors (Lipinski definition) is 9. The number of fused-ring (bicyclic) bond motifs is 7. The number of allylic oxidation sites excluding steroid dienone is 8. The quantitative estimate of drug-likeness (QED) is 0.00563. The van der Waals surface area contributed by atoms with Crippen LogP contribution in [-0.2, 0) is 57.8 Å². The number of carbonyl (C=O) groups is 8. The third kappa shape index (κ3) is 31.0. The normalized spacial score (nSPS) is 14.6. The van der Waals surface area contributed by atoms with Crippen molar-refractivity contribution in [1.29, 1.82) is 0 Å². The van der Waals surface area contributed by atoms with Gasteiger partial charge < -0.3 is 61.2 Å². The molecule has 0 saturated carbocycles. The number of amides is 6. The van der Waals surface area contributed by atoms with Crippen LogP contribution in [0.1, 0.15) is 167 Å². The van der Waals surface area contributed by atoms with Crippen molar-refractivity contribution in [3.8, 4) is 22.3 Å². The van der Waals surface area contributed by atoms with Gasteiger partial charge in [0.05, 0.1) is 25.2 Å². The Kier molecular flexibility index (Phi) is 40.4. The Hall–Kier alpha value is -9.39. The molecule has 9 N–H and O–H groups in total. The molecule has 0 unspecified atom stereocenters. The maximum atomic E-state index is 15.0. The Bertz CT molecular complexity index is 4890. The SMILES string of the molecule is C=C(C)CCC/C(C)=C/CC/C(C)=C/CC/C(C)=C/CSC[C@H](NC(=O)[C@H](CO)NC(=O)[C@H](CCC(=O)OCC1c2ccccc2-c2ccccc21)NC(=O)[C@H](CSSC(C)(C)C)NC(=O)OCC1c2ccccc2-c2ccccc21)C(=O)N[C@@H](CO)C(=O)N[C@@H](CSC/C=C(\C)CC/C=C(\C)CNS(=O)(=O)c1cccc2c(N(C)C)cccc12)C(=O)OC. The first-order valence-electron chi connectivity index (χ1n) is 42.1. The van der Waals surface area contributed by atoms with E-state index in [2.05, 4.69) is 76.1 Å². The van der Waals surface area contributed by atoms with Gasteiger partial charge in [-0.15, -0.1) is 6.58 Å². The van der Waals surface area contributed by atoms with Gasteiger partial charge in [0.1, 0.15) is 49.5 Å². The van der Waals surface area contributed by atoms with Gasteiger partial charge in [-0.25, -0.2) is 22.7 Å². The second kappa shape index (κ2) is 50.1. The summed E-state index contributed by atoms with van der Waals surface area (Å²) < 4.78 is 46.6. The highest BCUT2D eigenvalue weighted by Crippen LogP contribution is 2.46. The minimum absolute atomic E-state index is 0.0145. The van der Waals surface area contributed by atoms with E-state index in [0.29, 0.717) is 29.7 Å². The van der Waals surface area contributed by atoms with Crippen molar-refractivity contribution >= 4 is 119 Å². The summed E-state index contributed by atoms with van der Waals surface area (Å²) in [5.41, 5.74) is 15.6. The number of aliphatic hydroxyl groups excluding tert-OH is 2. The Labute approximate surface area is 748 Å². The average molecular weight is 1790 g/mol. The van der Waals surface area contributed by atoms with Gasteiger partial charge in [0.2, 0.25) is 39.6 Å². The number of alkyl carbamates (subject to hydrolysis) is 1. The van der Waals surface area contributed by atoms with Crippen molar-refractivity contribution in [3.05, 3.63) is 226 Å². The number of ether oxygens (including phenoxy) is 3. The van der Waals surface area contributed by atoms with Crippen LogP contribution in [0.2, 0.25) is 0 Å². The number of carbonyl (C=O) groups excluding carboxylic acids is 8. The monoisotopic (exact) mass is 1790 g/mol. The standard InChI is InChI=1S/C96H124N8O15S5/c1-62(2)28-22-29-63(3)30-23-31-64(4)32-24-33-65(5)50-52-120-59-83(92(111)100-82(56-106)91(110)102-85(94(113)117-13)60-121-53-51-66(6)34-25-35-67(7)54-97-124(115,116)87-47-27-44-76-77(87)45-26-46-86(76)104(11)12)101-90(109)81(55-105)99-89(108)80(48-49-88(107)118-57-78-72-40-18-14-36-68(72)69-37-15-19-41-73(69)78)98-93(112)84(61-122-123-96(8,9)10)103-95(114)119-58-79-74-42-20-16-38-70(74)71-39-17-21-43-75(71)79/h14-21,26-27,30,32,35-47,50-51,78-85,97,105-106H,1,22-25,28-29,31,33-34,48-49,52-61H2,2-13H3,(H,98,112)(H,99,108)(H,100,111)(H,101,109)(H,102,110)(H,103,114)/b63-30+,64-32+,65-50+,66-51+,67-35+/t80-,81-,82-,83-,84-,85-/m0/s1. The lowest BCUT2D eigenvalue weighted by molar-refractivity contribution is -0.145. The van der Waals surface area contributed by atoms with E-state index in [1.54, 1.807) is 18.2 Å². The maximum absolute atomic E-state index is 15.0. The molecular weight excluding hydrogens is 1670 g/mol. The molecule has 6 aromatic rings. The molecule has 6 aromatic carbocycles. The summed E-state index contributed by atoms with van der Waals surface area (Å²) >= 11 is 2.57. The van der Waals surface area contributed by atoms with E-state index < -0.39 is 120 Å². The number of methoxy groups -OCH3 is 1. The maximum Gasteiger partial charge on any atom is 0.407 e. The lowest BCUT2D eigenvalue weighted by atomic mass is 9.98. The van der Waals surface area contributed by atoms with E-state index in [0.717, 1.165) is 124 Å². The summed E-state index contributed by atoms with van der Waals surface area (Å²) in [5, 5.41) is 39.0. The number of sulfonamides is 1. The van der Waals surface area contributed by atoms with E-state index in [9.17, 15) is 57.0 Å². The number of esters is 2. The molecule has 23 nitrogen and oxygen atoms in total. The van der Waals surface area contributed by atoms with E-state index in [-0.39, 0.29) is 58.5 Å². The van der Waals surface area contributed by atoms with Gasteiger partial charge in [0.25, 0.3) is 0 Å². The summed E-state index contributed by atoms with van der Waals surface area (Å²) in [4.78, 5) is 117. The fourth-order valence-electron chi connectivity index (χ4n) is 14.4. The number of rotatable bonds is 50. The van der Waals surface area contributed by atoms with E-state index in [4.69, 9.17) is 14.2 Å². The molecule has 0 radical (unpaired) electrons. The van der Waals surface area contributed by atoms with Gasteiger partial charge in [0.15, 0.2) is 0 Å². The highest BCUT2D eigenvalue weighted by molar-refractivity contribution is 8.77. The summed E-state index contributed by atoms with van der Waals surface area (Å²) in [6, 6.07) is 33.0. The lowest BCUT2D eigenvalue weighted by Gasteiger charge is -2.27. The third-order valence-electron chi connectivity index (χ3n) is 21.3. The van der Waals surface area contributed by atoms with Crippen molar-refractivity contribution in [3.63, 3.8) is 0 Å². The Morgan fingerprint density at radius 2 is 0.903 bits per heavy atom. The second-order valence-electron chi connectivity index (χ2n) is 32.7. The van der Waals surface area contributed by atoms with Gasteiger partial charge in [-0.3, -0.25) is 28.8 Å². The number of aliphatic hydroxyl groups is 2. The van der Waals surface area contributed by atoms with Crippen LogP contribution >= 0.6 is 45.1 Å². The lowest BCUT2D eigenvalue weighted by Crippen LogP contribution is -2.61. The predicted molar refractivity (Wildman–Crippen MR) is 505 cm³/mol. The molecular formula is C96H124N8O15S5. The number of benzene rings is 6. The van der Waals surface area contributed by atoms with E-state index in [1.807, 2.05) is 194 Å². The van der Waals surface area contributed by atoms with Crippen LogP contribution in [0.25, 0.3) is 33.0 Å². The van der Waals surface area contributed by atoms with Gasteiger partial charge in [0, 0.05) is 88.9 Å². The fourth-order valence-corrected chi connectivity index (χ4v) is 20.2. The van der Waals surface area contributed by atoms with Gasteiger partial charge >= 0.3 is 18.0 Å². The van der Waals surface area contributed by atoms with Crippen LogP contribution in [0.5, 0.6) is 0 Å². The molecule has 0 heterocycles. The summed E-state index contributed by atoms with van der Waals surface area (Å²) in [5.74, 6) is -6.28. The van der Waals surface area contributed by atoms with Gasteiger partial charge in [-0.05, 0) is 162 Å². The van der Waals surface area contributed by atoms with Crippen LogP contribution in [0.15, 0.2) is 209 Å². The zero-order valence-corrected chi connectivity index (χ0v) is 77.5. The molecule has 6 atom stereocenters. The van der Waals surface area contributed by atoms with E-state index in [1.165, 1.54) is 61.8 Å². The molecule has 0 saturated heterocycles. The number of hydrogen-bond acceptors (Lipinski definition) is 20. The Balaban J connectivity index is 0.949. The summed E-state index contributed by atoms with van der Waals surface area (Å²) in [6.45, 7) is 20.1. The molecule has 0 aliphatic heterocycles. The zero-order valence-electron chi connectivity index (χ0n) is 73.5. The van der Waals surface area contributed by atoms with E-state index >= 15 is 0 Å². The Morgan fingerprint density at radius 1 is 0.484 bits per heavy atom. The minimum atomic E-state index is -3.86. The zero-order chi connectivity index (χ0) is 90.0. The fraction of sp³-hybridized carbons (Fsp3) is 0.438. The first kappa shape index (κ1) is 100. The Morgan fingerprint density at radius 3 is 1.40 bits per heavy atom. The highest BCUT2D eigenvalue weighted by Gasteiger charge is 2.37. The van der Waals surface area contributed by atoms with Crippen LogP contribution in [0, 0.1) is 0 Å². The molecule has 2 aliphatic carbocycles. The number of nitrogens with one attached hydrogen (secondary N) is 7. The third-order valence-corrected chi connectivity index (χ3v) is 28.1. The van der Waals surface area contributed by atoms with Crippen molar-refractivity contribution < 1.29 is 71.2 Å². The molecule has 2 aliphatic rings. The second-order valence-corrected chi connectivity index (χ2v) is 39.8. The van der Waals surface area contributed by atoms with Crippen LogP contribution in [-0.4, -0.2) is 190 Å². The molecule has 0 fully saturated rings. The molecule has 28 heteroatoms. The van der Waals surface area contributed by atoms with Crippen molar-refractivity contribution in [2.45, 2.75) is 191 Å². The molecule has 124 heavy (non-hydrogen) atoms. The molecule has 8 rings (SSSR count). The summed E-state index contributed by atoms with van der Waals surface area (Å²) in [7, 11) is 3.87. The van der Waals surface area contributed by atoms with Gasteiger partial charge in [-0.2, -0.15) is 23.5 Å². The smallest absolute Gasteiger partial charge is 0.407 e. The van der Waals surface area contributed by atoms with Crippen molar-refractivity contribution in [1.82, 2.24) is 36.6 Å². The van der Waals surface area contributed by atoms with Crippen LogP contribution in [0.4, 0.5) is 10.5 Å². The van der Waals surface area contributed by atoms with Crippen molar-refractivity contribution in [2.75, 3.05) is 87.8 Å². The number of anilines is 1. The highest BCUT2D eigenvalue weighted by atomic mass is 33.1. The average Bonchev–Trinajstić information content (AvgIpc) is 1.35. The van der Waals surface area contributed by atoms with Gasteiger partial charge in [-0.1, -0.05) is 228 Å². The predicted octanol–water partition coefficient (Wildman–Crippen LogP) is 15.3. The first-order chi connectivity index (χ1) is 59.3. The topological polar surface area (TPSA) is 326 Å². The minimum Gasteiger partial charge on any atom is -0.467 e. The van der Waals surface area contributed by atoms with Crippen LogP contribution < -0.4 is 41.5 Å². The molecule has 6 amide bonds. The summed E-state index contributed by atoms with van der Waals surface area (Å²) in [6.07, 6.45) is 16.6. The number of nitrogens with zero attached hydrogens (tertiary/aromatic N) is 1. The largest absolute Gasteiger partial charge is 0.467 e. The number of thioether (sulfide) groups is 2. The molecule has 668 valence electrons.